The maximum Gasteiger partial charge on any atom is 0.253 e. The summed E-state index contributed by atoms with van der Waals surface area (Å²) in [5.41, 5.74) is 1.56. The summed E-state index contributed by atoms with van der Waals surface area (Å²) in [4.78, 5) is 25.3. The number of halogens is 1. The number of anilines is 2. The van der Waals surface area contributed by atoms with Crippen molar-refractivity contribution in [2.24, 2.45) is 0 Å². The minimum absolute atomic E-state index is 0.151. The zero-order valence-corrected chi connectivity index (χ0v) is 18.1. The molecule has 0 aliphatic carbocycles. The van der Waals surface area contributed by atoms with E-state index in [1.807, 2.05) is 30.3 Å². The summed E-state index contributed by atoms with van der Waals surface area (Å²) in [6, 6.07) is 20.6. The maximum absolute atomic E-state index is 13.2. The molecule has 3 aromatic rings. The number of carbonyl (C=O) groups is 2. The van der Waals surface area contributed by atoms with Crippen molar-refractivity contribution >= 4 is 33.2 Å². The molecule has 0 saturated carbocycles. The first-order valence-corrected chi connectivity index (χ1v) is 11.5. The van der Waals surface area contributed by atoms with Crippen LogP contribution in [0, 0.1) is 5.82 Å². The molecule has 0 aromatic heterocycles. The molecule has 32 heavy (non-hydrogen) atoms. The molecule has 7 nitrogen and oxygen atoms in total. The van der Waals surface area contributed by atoms with Gasteiger partial charge in [0.25, 0.3) is 5.91 Å². The average molecular weight is 456 g/mol. The molecule has 0 bridgehead atoms. The second-order valence-electron chi connectivity index (χ2n) is 7.01. The van der Waals surface area contributed by atoms with Crippen LogP contribution in [0.2, 0.25) is 0 Å². The van der Waals surface area contributed by atoms with Crippen LogP contribution >= 0.6 is 0 Å². The summed E-state index contributed by atoms with van der Waals surface area (Å²) >= 11 is 0. The summed E-state index contributed by atoms with van der Waals surface area (Å²) in [6.07, 6.45) is 0.953. The number of rotatable bonds is 8. The van der Waals surface area contributed by atoms with Crippen LogP contribution in [-0.4, -0.2) is 33.0 Å². The molecule has 0 saturated heterocycles. The summed E-state index contributed by atoms with van der Waals surface area (Å²) in [5.74, 6) is -1.56. The van der Waals surface area contributed by atoms with Crippen LogP contribution in [0.1, 0.15) is 15.9 Å². The number of amides is 2. The molecule has 0 heterocycles. The Morgan fingerprint density at radius 2 is 1.53 bits per heavy atom. The predicted octanol–water partition coefficient (Wildman–Crippen LogP) is 3.16. The first-order chi connectivity index (χ1) is 15.2. The van der Waals surface area contributed by atoms with E-state index >= 15 is 0 Å². The molecule has 0 fully saturated rings. The lowest BCUT2D eigenvalue weighted by Gasteiger charge is -2.22. The number of nitrogens with one attached hydrogen (secondary N) is 2. The van der Waals surface area contributed by atoms with Gasteiger partial charge in [0, 0.05) is 6.54 Å². The third-order valence-electron chi connectivity index (χ3n) is 4.54. The lowest BCUT2D eigenvalue weighted by Crippen LogP contribution is -2.37. The molecular weight excluding hydrogens is 433 g/mol. The second kappa shape index (κ2) is 10.1. The lowest BCUT2D eigenvalue weighted by atomic mass is 10.1. The summed E-state index contributed by atoms with van der Waals surface area (Å²) in [5, 5.41) is 5.39. The van der Waals surface area contributed by atoms with E-state index in [9.17, 15) is 22.4 Å². The fourth-order valence-electron chi connectivity index (χ4n) is 2.99. The van der Waals surface area contributed by atoms with Gasteiger partial charge in [-0.2, -0.15) is 0 Å². The molecule has 0 spiro atoms. The van der Waals surface area contributed by atoms with Gasteiger partial charge < -0.3 is 10.6 Å². The van der Waals surface area contributed by atoms with E-state index in [4.69, 9.17) is 0 Å². The number of carbonyl (C=O) groups excluding carboxylic acids is 2. The monoisotopic (exact) mass is 455 g/mol. The molecule has 2 N–H and O–H groups in total. The van der Waals surface area contributed by atoms with Gasteiger partial charge in [-0.1, -0.05) is 42.5 Å². The van der Waals surface area contributed by atoms with Crippen LogP contribution in [0.5, 0.6) is 0 Å². The summed E-state index contributed by atoms with van der Waals surface area (Å²) in [6.45, 7) is -0.223. The molecular formula is C23H22FN3O4S. The first-order valence-electron chi connectivity index (χ1n) is 9.68. The predicted molar refractivity (Wildman–Crippen MR) is 121 cm³/mol. The Balaban J connectivity index is 1.73. The van der Waals surface area contributed by atoms with Crippen molar-refractivity contribution in [3.8, 4) is 0 Å². The Kier molecular flexibility index (Phi) is 7.21. The first kappa shape index (κ1) is 23.0. The van der Waals surface area contributed by atoms with Gasteiger partial charge in [0.2, 0.25) is 15.9 Å². The fourth-order valence-corrected chi connectivity index (χ4v) is 3.85. The largest absolute Gasteiger partial charge is 0.348 e. The number of sulfonamides is 1. The van der Waals surface area contributed by atoms with Gasteiger partial charge in [-0.15, -0.1) is 0 Å². The van der Waals surface area contributed by atoms with Crippen LogP contribution in [0.4, 0.5) is 15.8 Å². The molecule has 0 aliphatic heterocycles. The van der Waals surface area contributed by atoms with Crippen molar-refractivity contribution in [2.45, 2.75) is 6.54 Å². The topological polar surface area (TPSA) is 95.6 Å². The normalized spacial score (nSPS) is 10.9. The van der Waals surface area contributed by atoms with Crippen LogP contribution < -0.4 is 14.9 Å². The van der Waals surface area contributed by atoms with Crippen LogP contribution in [-0.2, 0) is 21.4 Å². The fraction of sp³-hybridized carbons (Fsp3) is 0.130. The Hall–Kier alpha value is -3.72. The Morgan fingerprint density at radius 3 is 2.19 bits per heavy atom. The van der Waals surface area contributed by atoms with E-state index in [1.54, 1.807) is 24.3 Å². The maximum atomic E-state index is 13.2. The highest BCUT2D eigenvalue weighted by Crippen LogP contribution is 2.19. The van der Waals surface area contributed by atoms with Crippen molar-refractivity contribution in [1.29, 1.82) is 0 Å². The number of hydrogen-bond donors (Lipinski definition) is 2. The van der Waals surface area contributed by atoms with Crippen molar-refractivity contribution in [3.05, 3.63) is 95.8 Å². The SMILES string of the molecule is CS(=O)(=O)N(CC(=O)Nc1ccccc1C(=O)NCc1ccccc1)c1ccc(F)cc1. The highest BCUT2D eigenvalue weighted by molar-refractivity contribution is 7.92. The van der Waals surface area contributed by atoms with Gasteiger partial charge in [0.05, 0.1) is 23.2 Å². The average Bonchev–Trinajstić information content (AvgIpc) is 2.77. The standard InChI is InChI=1S/C23H22FN3O4S/c1-32(30,31)27(19-13-11-18(24)12-14-19)16-22(28)26-21-10-6-5-9-20(21)23(29)25-15-17-7-3-2-4-8-17/h2-14H,15-16H2,1H3,(H,25,29)(H,26,28). The van der Waals surface area contributed by atoms with E-state index in [1.165, 1.54) is 12.1 Å². The van der Waals surface area contributed by atoms with Crippen LogP contribution in [0.25, 0.3) is 0 Å². The lowest BCUT2D eigenvalue weighted by molar-refractivity contribution is -0.114. The molecule has 166 valence electrons. The van der Waals surface area contributed by atoms with Gasteiger partial charge in [-0.05, 0) is 42.0 Å². The molecule has 3 aromatic carbocycles. The minimum atomic E-state index is -3.81. The van der Waals surface area contributed by atoms with E-state index < -0.39 is 28.3 Å². The van der Waals surface area contributed by atoms with Gasteiger partial charge in [0.15, 0.2) is 0 Å². The van der Waals surface area contributed by atoms with Crippen LogP contribution in [0.3, 0.4) is 0 Å². The van der Waals surface area contributed by atoms with Crippen molar-refractivity contribution in [3.63, 3.8) is 0 Å². The number of para-hydroxylation sites is 1. The van der Waals surface area contributed by atoms with Crippen molar-refractivity contribution in [2.75, 3.05) is 22.4 Å². The van der Waals surface area contributed by atoms with Crippen molar-refractivity contribution < 1.29 is 22.4 Å². The van der Waals surface area contributed by atoms with E-state index in [2.05, 4.69) is 10.6 Å². The Bertz CT molecular complexity index is 1200. The minimum Gasteiger partial charge on any atom is -0.348 e. The van der Waals surface area contributed by atoms with Gasteiger partial charge >= 0.3 is 0 Å². The quantitative estimate of drug-likeness (QED) is 0.545. The smallest absolute Gasteiger partial charge is 0.253 e. The highest BCUT2D eigenvalue weighted by Gasteiger charge is 2.22. The number of nitrogens with zero attached hydrogens (tertiary/aromatic N) is 1. The van der Waals surface area contributed by atoms with E-state index in [0.29, 0.717) is 6.54 Å². The second-order valence-corrected chi connectivity index (χ2v) is 8.91. The molecule has 3 rings (SSSR count). The molecule has 0 radical (unpaired) electrons. The Labute approximate surface area is 185 Å². The van der Waals surface area contributed by atoms with Gasteiger partial charge in [-0.3, -0.25) is 13.9 Å². The zero-order chi connectivity index (χ0) is 23.1. The summed E-state index contributed by atoms with van der Waals surface area (Å²) in [7, 11) is -3.81. The van der Waals surface area contributed by atoms with Crippen LogP contribution in [0.15, 0.2) is 78.9 Å². The summed E-state index contributed by atoms with van der Waals surface area (Å²) < 4.78 is 38.4. The number of benzene rings is 3. The Morgan fingerprint density at radius 1 is 0.906 bits per heavy atom. The zero-order valence-electron chi connectivity index (χ0n) is 17.3. The van der Waals surface area contributed by atoms with Crippen molar-refractivity contribution in [1.82, 2.24) is 5.32 Å². The third kappa shape index (κ3) is 6.14. The third-order valence-corrected chi connectivity index (χ3v) is 5.68. The molecule has 0 atom stereocenters. The van der Waals surface area contributed by atoms with E-state index in [-0.39, 0.29) is 22.8 Å². The number of hydrogen-bond acceptors (Lipinski definition) is 4. The molecule has 2 amide bonds. The molecule has 0 aliphatic rings. The van der Waals surface area contributed by atoms with E-state index in [0.717, 1.165) is 28.3 Å². The van der Waals surface area contributed by atoms with Gasteiger partial charge in [-0.25, -0.2) is 12.8 Å². The van der Waals surface area contributed by atoms with Gasteiger partial charge in [0.1, 0.15) is 12.4 Å². The highest BCUT2D eigenvalue weighted by atomic mass is 32.2. The molecule has 0 unspecified atom stereocenters. The molecule has 9 heteroatoms.